The van der Waals surface area contributed by atoms with Gasteiger partial charge in [0.25, 0.3) is 5.91 Å². The monoisotopic (exact) mass is 335 g/mol. The van der Waals surface area contributed by atoms with Gasteiger partial charge in [0.2, 0.25) is 0 Å². The lowest BCUT2D eigenvalue weighted by Gasteiger charge is -2.09. The lowest BCUT2D eigenvalue weighted by Crippen LogP contribution is -2.16. The van der Waals surface area contributed by atoms with Crippen molar-refractivity contribution >= 4 is 27.5 Å². The Balaban J connectivity index is 2.16. The number of aromatic nitrogens is 1. The Morgan fingerprint density at radius 3 is 2.85 bits per heavy atom. The molecule has 1 aromatic heterocycles. The first-order valence-corrected chi connectivity index (χ1v) is 7.34. The largest absolute Gasteiger partial charge is 0.343 e. The number of benzene rings is 1. The van der Waals surface area contributed by atoms with E-state index in [-0.39, 0.29) is 5.91 Å². The number of nitrogens with zero attached hydrogens (tertiary/aromatic N) is 1. The molecule has 2 N–H and O–H groups in total. The molecular formula is C15H18BrN3O. The number of anilines is 1. The zero-order chi connectivity index (χ0) is 14.5. The molecule has 0 saturated carbocycles. The Morgan fingerprint density at radius 1 is 1.35 bits per heavy atom. The lowest BCUT2D eigenvalue weighted by molar-refractivity contribution is 0.101. The molecule has 0 aliphatic heterocycles. The molecule has 2 rings (SSSR count). The van der Waals surface area contributed by atoms with E-state index in [0.29, 0.717) is 5.69 Å². The van der Waals surface area contributed by atoms with Crippen molar-refractivity contribution in [2.75, 3.05) is 12.4 Å². The first-order chi connectivity index (χ1) is 9.63. The maximum absolute atomic E-state index is 12.3. The van der Waals surface area contributed by atoms with Gasteiger partial charge in [-0.15, -0.1) is 0 Å². The Morgan fingerprint density at radius 2 is 2.15 bits per heavy atom. The number of amides is 1. The van der Waals surface area contributed by atoms with Crippen LogP contribution in [-0.4, -0.2) is 17.5 Å². The number of aryl methyl sites for hydroxylation is 1. The Bertz CT molecular complexity index is 607. The minimum Gasteiger partial charge on any atom is -0.343 e. The molecule has 0 fully saturated rings. The summed E-state index contributed by atoms with van der Waals surface area (Å²) in [6.07, 6.45) is 1.91. The van der Waals surface area contributed by atoms with E-state index in [1.54, 1.807) is 0 Å². The van der Waals surface area contributed by atoms with Crippen LogP contribution in [0.5, 0.6) is 0 Å². The highest BCUT2D eigenvalue weighted by molar-refractivity contribution is 9.10. The van der Waals surface area contributed by atoms with Gasteiger partial charge in [-0.05, 0) is 53.7 Å². The highest BCUT2D eigenvalue weighted by Gasteiger charge is 2.12. The fourth-order valence-electron chi connectivity index (χ4n) is 2.09. The van der Waals surface area contributed by atoms with Crippen molar-refractivity contribution in [1.82, 2.24) is 9.88 Å². The number of nitrogens with one attached hydrogen (secondary N) is 2. The summed E-state index contributed by atoms with van der Waals surface area (Å²) in [7, 11) is 1.90. The molecule has 1 amide bonds. The summed E-state index contributed by atoms with van der Waals surface area (Å²) < 4.78 is 2.82. The second kappa shape index (κ2) is 6.72. The molecule has 0 aliphatic rings. The van der Waals surface area contributed by atoms with Gasteiger partial charge in [0.05, 0.1) is 0 Å². The molecule has 0 aliphatic carbocycles. The van der Waals surface area contributed by atoms with Crippen molar-refractivity contribution in [2.24, 2.45) is 0 Å². The third-order valence-corrected chi connectivity index (χ3v) is 3.44. The highest BCUT2D eigenvalue weighted by Crippen LogP contribution is 2.17. The number of hydrogen-bond donors (Lipinski definition) is 2. The van der Waals surface area contributed by atoms with E-state index >= 15 is 0 Å². The normalized spacial score (nSPS) is 10.6. The van der Waals surface area contributed by atoms with E-state index in [0.717, 1.165) is 28.8 Å². The standard InChI is InChI=1S/C15H18BrN3O/c1-3-19-10-12(16)8-14(19)15(20)18-13-6-4-5-11(7-13)9-17-2/h4-8,10,17H,3,9H2,1-2H3,(H,18,20). The van der Waals surface area contributed by atoms with Crippen molar-refractivity contribution < 1.29 is 4.79 Å². The summed E-state index contributed by atoms with van der Waals surface area (Å²) in [4.78, 5) is 12.3. The maximum atomic E-state index is 12.3. The zero-order valence-corrected chi connectivity index (χ0v) is 13.2. The van der Waals surface area contributed by atoms with Gasteiger partial charge in [-0.3, -0.25) is 4.79 Å². The topological polar surface area (TPSA) is 46.1 Å². The SMILES string of the molecule is CCn1cc(Br)cc1C(=O)Nc1cccc(CNC)c1. The minimum atomic E-state index is -0.0980. The van der Waals surface area contributed by atoms with Crippen LogP contribution in [0.4, 0.5) is 5.69 Å². The van der Waals surface area contributed by atoms with Crippen LogP contribution in [0.25, 0.3) is 0 Å². The quantitative estimate of drug-likeness (QED) is 0.881. The van der Waals surface area contributed by atoms with Crippen LogP contribution < -0.4 is 10.6 Å². The van der Waals surface area contributed by atoms with E-state index in [4.69, 9.17) is 0 Å². The van der Waals surface area contributed by atoms with Crippen LogP contribution in [-0.2, 0) is 13.1 Å². The van der Waals surface area contributed by atoms with Crippen molar-refractivity contribution in [2.45, 2.75) is 20.0 Å². The molecule has 0 spiro atoms. The van der Waals surface area contributed by atoms with E-state index in [1.165, 1.54) is 0 Å². The number of hydrogen-bond acceptors (Lipinski definition) is 2. The zero-order valence-electron chi connectivity index (χ0n) is 11.6. The van der Waals surface area contributed by atoms with E-state index < -0.39 is 0 Å². The second-order valence-electron chi connectivity index (χ2n) is 4.51. The summed E-state index contributed by atoms with van der Waals surface area (Å²) in [5.41, 5.74) is 2.60. The molecule has 20 heavy (non-hydrogen) atoms. The number of carbonyl (C=O) groups excluding carboxylic acids is 1. The van der Waals surface area contributed by atoms with Crippen molar-refractivity contribution in [3.8, 4) is 0 Å². The average Bonchev–Trinajstić information content (AvgIpc) is 2.81. The van der Waals surface area contributed by atoms with Crippen LogP contribution in [0.2, 0.25) is 0 Å². The molecule has 0 unspecified atom stereocenters. The van der Waals surface area contributed by atoms with Crippen LogP contribution in [0.15, 0.2) is 41.0 Å². The Hall–Kier alpha value is -1.59. The molecular weight excluding hydrogens is 318 g/mol. The van der Waals surface area contributed by atoms with Crippen LogP contribution >= 0.6 is 15.9 Å². The van der Waals surface area contributed by atoms with E-state index in [9.17, 15) is 4.79 Å². The van der Waals surface area contributed by atoms with Gasteiger partial charge in [0.1, 0.15) is 5.69 Å². The molecule has 1 aromatic carbocycles. The van der Waals surface area contributed by atoms with Gasteiger partial charge in [-0.1, -0.05) is 12.1 Å². The number of carbonyl (C=O) groups is 1. The lowest BCUT2D eigenvalue weighted by atomic mass is 10.2. The molecule has 0 radical (unpaired) electrons. The minimum absolute atomic E-state index is 0.0980. The van der Waals surface area contributed by atoms with Gasteiger partial charge < -0.3 is 15.2 Å². The van der Waals surface area contributed by atoms with Crippen molar-refractivity contribution in [1.29, 1.82) is 0 Å². The summed E-state index contributed by atoms with van der Waals surface area (Å²) in [5, 5.41) is 6.03. The van der Waals surface area contributed by atoms with Gasteiger partial charge in [-0.25, -0.2) is 0 Å². The van der Waals surface area contributed by atoms with Gasteiger partial charge in [0, 0.05) is 29.4 Å². The summed E-state index contributed by atoms with van der Waals surface area (Å²) in [6.45, 7) is 3.55. The predicted octanol–water partition coefficient (Wildman–Crippen LogP) is 3.24. The van der Waals surface area contributed by atoms with E-state index in [1.807, 2.05) is 55.1 Å². The third kappa shape index (κ3) is 3.49. The number of halogens is 1. The second-order valence-corrected chi connectivity index (χ2v) is 5.43. The fraction of sp³-hybridized carbons (Fsp3) is 0.267. The molecule has 5 heteroatoms. The summed E-state index contributed by atoms with van der Waals surface area (Å²) in [6, 6.07) is 9.67. The predicted molar refractivity (Wildman–Crippen MR) is 85.0 cm³/mol. The average molecular weight is 336 g/mol. The molecule has 2 aromatic rings. The van der Waals surface area contributed by atoms with Gasteiger partial charge in [0.15, 0.2) is 0 Å². The first kappa shape index (κ1) is 14.8. The van der Waals surface area contributed by atoms with Crippen molar-refractivity contribution in [3.63, 3.8) is 0 Å². The molecule has 0 saturated heterocycles. The molecule has 1 heterocycles. The summed E-state index contributed by atoms with van der Waals surface area (Å²) in [5.74, 6) is -0.0980. The van der Waals surface area contributed by atoms with Gasteiger partial charge in [-0.2, -0.15) is 0 Å². The van der Waals surface area contributed by atoms with Crippen LogP contribution in [0.1, 0.15) is 23.0 Å². The van der Waals surface area contributed by atoms with Crippen molar-refractivity contribution in [3.05, 3.63) is 52.3 Å². The Labute approximate surface area is 127 Å². The molecule has 106 valence electrons. The maximum Gasteiger partial charge on any atom is 0.272 e. The number of rotatable bonds is 5. The van der Waals surface area contributed by atoms with Crippen LogP contribution in [0.3, 0.4) is 0 Å². The van der Waals surface area contributed by atoms with Crippen LogP contribution in [0, 0.1) is 0 Å². The van der Waals surface area contributed by atoms with Gasteiger partial charge >= 0.3 is 0 Å². The van der Waals surface area contributed by atoms with E-state index in [2.05, 4.69) is 26.6 Å². The first-order valence-electron chi connectivity index (χ1n) is 6.54. The Kier molecular flexibility index (Phi) is 4.98. The molecule has 0 atom stereocenters. The third-order valence-electron chi connectivity index (χ3n) is 3.00. The molecule has 4 nitrogen and oxygen atoms in total. The highest BCUT2D eigenvalue weighted by atomic mass is 79.9. The summed E-state index contributed by atoms with van der Waals surface area (Å²) >= 11 is 3.40. The fourth-order valence-corrected chi connectivity index (χ4v) is 2.55. The smallest absolute Gasteiger partial charge is 0.272 e. The molecule has 0 bridgehead atoms.